The maximum absolute atomic E-state index is 10.6. The zero-order chi connectivity index (χ0) is 16.2. The van der Waals surface area contributed by atoms with E-state index in [0.717, 1.165) is 12.0 Å². The van der Waals surface area contributed by atoms with Crippen LogP contribution in [-0.2, 0) is 6.54 Å². The molecule has 1 aromatic carbocycles. The van der Waals surface area contributed by atoms with E-state index in [1.54, 1.807) is 12.1 Å². The first-order valence-corrected chi connectivity index (χ1v) is 7.43. The molecular weight excluding hydrogens is 322 g/mol. The summed E-state index contributed by atoms with van der Waals surface area (Å²) in [4.78, 5) is 14.1. The van der Waals surface area contributed by atoms with E-state index in [9.17, 15) is 10.1 Å². The summed E-state index contributed by atoms with van der Waals surface area (Å²) in [6.45, 7) is 1.63. The Morgan fingerprint density at radius 2 is 2.13 bits per heavy atom. The second kappa shape index (κ2) is 6.70. The van der Waals surface area contributed by atoms with Crippen LogP contribution in [0.1, 0.15) is 12.0 Å². The first-order chi connectivity index (χ1) is 11.1. The predicted octanol–water partition coefficient (Wildman–Crippen LogP) is 3.42. The Bertz CT molecular complexity index is 721. The largest absolute Gasteiger partial charge is 0.489 e. The van der Waals surface area contributed by atoms with Crippen LogP contribution in [0.15, 0.2) is 30.5 Å². The lowest BCUT2D eigenvalue weighted by atomic mass is 10.2. The number of fused-ring (bicyclic) bond motifs is 1. The van der Waals surface area contributed by atoms with Gasteiger partial charge in [-0.15, -0.1) is 0 Å². The van der Waals surface area contributed by atoms with Gasteiger partial charge in [-0.05, 0) is 23.8 Å². The number of pyridine rings is 1. The third-order valence-electron chi connectivity index (χ3n) is 3.29. The minimum absolute atomic E-state index is 0.0471. The highest BCUT2D eigenvalue weighted by Crippen LogP contribution is 2.38. The van der Waals surface area contributed by atoms with Crippen LogP contribution in [-0.4, -0.2) is 23.1 Å². The molecule has 23 heavy (non-hydrogen) atoms. The summed E-state index contributed by atoms with van der Waals surface area (Å²) in [5.41, 5.74) is 0.855. The van der Waals surface area contributed by atoms with E-state index < -0.39 is 4.92 Å². The molecule has 0 atom stereocenters. The van der Waals surface area contributed by atoms with Crippen molar-refractivity contribution in [1.82, 2.24) is 4.98 Å². The molecule has 0 radical (unpaired) electrons. The van der Waals surface area contributed by atoms with Crippen LogP contribution < -0.4 is 14.8 Å². The van der Waals surface area contributed by atoms with Gasteiger partial charge in [-0.25, -0.2) is 4.98 Å². The van der Waals surface area contributed by atoms with Gasteiger partial charge in [0.05, 0.1) is 23.2 Å². The first kappa shape index (κ1) is 15.4. The lowest BCUT2D eigenvalue weighted by molar-refractivity contribution is -0.385. The molecule has 0 saturated carbocycles. The molecule has 2 aromatic rings. The van der Waals surface area contributed by atoms with Crippen molar-refractivity contribution in [3.05, 3.63) is 51.2 Å². The fourth-order valence-electron chi connectivity index (χ4n) is 2.18. The highest BCUT2D eigenvalue weighted by molar-refractivity contribution is 6.32. The predicted molar refractivity (Wildman–Crippen MR) is 85.3 cm³/mol. The maximum atomic E-state index is 10.6. The Labute approximate surface area is 137 Å². The zero-order valence-corrected chi connectivity index (χ0v) is 12.9. The Hall–Kier alpha value is -2.54. The molecule has 1 aliphatic heterocycles. The number of ether oxygens (including phenoxy) is 2. The summed E-state index contributed by atoms with van der Waals surface area (Å²) < 4.78 is 11.2. The third kappa shape index (κ3) is 3.62. The van der Waals surface area contributed by atoms with E-state index in [4.69, 9.17) is 21.1 Å². The van der Waals surface area contributed by atoms with Gasteiger partial charge in [-0.2, -0.15) is 0 Å². The van der Waals surface area contributed by atoms with Gasteiger partial charge in [0.25, 0.3) is 5.69 Å². The highest BCUT2D eigenvalue weighted by atomic mass is 35.5. The standard InChI is InChI=1S/C15H14ClN3O4/c16-12-6-10(7-13-15(12)23-5-1-4-22-13)8-17-14-3-2-11(9-18-14)19(20)21/h2-3,6-7,9H,1,4-5,8H2,(H,17,18). The molecule has 3 rings (SSSR count). The van der Waals surface area contributed by atoms with Gasteiger partial charge in [0.1, 0.15) is 12.0 Å². The van der Waals surface area contributed by atoms with Crippen LogP contribution in [0.5, 0.6) is 11.5 Å². The molecule has 0 spiro atoms. The quantitative estimate of drug-likeness (QED) is 0.680. The molecule has 1 aromatic heterocycles. The van der Waals surface area contributed by atoms with Crippen molar-refractivity contribution in [3.63, 3.8) is 0 Å². The number of hydrogen-bond acceptors (Lipinski definition) is 6. The first-order valence-electron chi connectivity index (χ1n) is 7.06. The molecule has 1 N–H and O–H groups in total. The molecule has 1 aliphatic rings. The van der Waals surface area contributed by atoms with Crippen molar-refractivity contribution in [2.45, 2.75) is 13.0 Å². The van der Waals surface area contributed by atoms with Crippen LogP contribution in [0.4, 0.5) is 11.5 Å². The van der Waals surface area contributed by atoms with Crippen molar-refractivity contribution in [1.29, 1.82) is 0 Å². The Balaban J connectivity index is 1.72. The van der Waals surface area contributed by atoms with Gasteiger partial charge >= 0.3 is 0 Å². The summed E-state index contributed by atoms with van der Waals surface area (Å²) in [7, 11) is 0. The van der Waals surface area contributed by atoms with Gasteiger partial charge < -0.3 is 14.8 Å². The number of nitro groups is 1. The maximum Gasteiger partial charge on any atom is 0.287 e. The monoisotopic (exact) mass is 335 g/mol. The summed E-state index contributed by atoms with van der Waals surface area (Å²) in [5, 5.41) is 14.2. The molecule has 0 fully saturated rings. The zero-order valence-electron chi connectivity index (χ0n) is 12.1. The summed E-state index contributed by atoms with van der Waals surface area (Å²) >= 11 is 6.23. The molecule has 0 amide bonds. The van der Waals surface area contributed by atoms with Gasteiger partial charge in [0, 0.05) is 19.0 Å². The van der Waals surface area contributed by atoms with Gasteiger partial charge in [0.2, 0.25) is 0 Å². The molecule has 0 bridgehead atoms. The third-order valence-corrected chi connectivity index (χ3v) is 3.58. The molecule has 0 aliphatic carbocycles. The molecule has 0 unspecified atom stereocenters. The van der Waals surface area contributed by atoms with Gasteiger partial charge in [-0.3, -0.25) is 10.1 Å². The normalized spacial score (nSPS) is 13.3. The van der Waals surface area contributed by atoms with Gasteiger partial charge in [0.15, 0.2) is 11.5 Å². The topological polar surface area (TPSA) is 86.5 Å². The molecule has 8 heteroatoms. The number of aromatic nitrogens is 1. The van der Waals surface area contributed by atoms with Crippen molar-refractivity contribution in [2.75, 3.05) is 18.5 Å². The van der Waals surface area contributed by atoms with Crippen LogP contribution in [0.25, 0.3) is 0 Å². The Morgan fingerprint density at radius 1 is 1.30 bits per heavy atom. The second-order valence-corrected chi connectivity index (χ2v) is 5.37. The molecule has 2 heterocycles. The average Bonchev–Trinajstić information content (AvgIpc) is 2.79. The van der Waals surface area contributed by atoms with E-state index in [1.165, 1.54) is 12.3 Å². The summed E-state index contributed by atoms with van der Waals surface area (Å²) in [5.74, 6) is 1.74. The lowest BCUT2D eigenvalue weighted by Crippen LogP contribution is -2.03. The number of rotatable bonds is 4. The van der Waals surface area contributed by atoms with Crippen molar-refractivity contribution >= 4 is 23.1 Å². The SMILES string of the molecule is O=[N+]([O-])c1ccc(NCc2cc(Cl)c3c(c2)OCCCO3)nc1. The molecule has 120 valence electrons. The minimum Gasteiger partial charge on any atom is -0.489 e. The smallest absolute Gasteiger partial charge is 0.287 e. The number of anilines is 1. The van der Waals surface area contributed by atoms with E-state index in [0.29, 0.717) is 42.1 Å². The van der Waals surface area contributed by atoms with Crippen molar-refractivity contribution < 1.29 is 14.4 Å². The number of nitrogens with zero attached hydrogens (tertiary/aromatic N) is 2. The van der Waals surface area contributed by atoms with E-state index in [1.807, 2.05) is 6.07 Å². The lowest BCUT2D eigenvalue weighted by Gasteiger charge is -2.12. The number of halogens is 1. The molecular formula is C15H14ClN3O4. The number of nitrogens with one attached hydrogen (secondary N) is 1. The van der Waals surface area contributed by atoms with Crippen LogP contribution in [0, 0.1) is 10.1 Å². The van der Waals surface area contributed by atoms with Gasteiger partial charge in [-0.1, -0.05) is 11.6 Å². The second-order valence-electron chi connectivity index (χ2n) is 4.97. The van der Waals surface area contributed by atoms with Crippen molar-refractivity contribution in [2.24, 2.45) is 0 Å². The minimum atomic E-state index is -0.486. The average molecular weight is 336 g/mol. The number of benzene rings is 1. The van der Waals surface area contributed by atoms with Crippen LogP contribution in [0.3, 0.4) is 0 Å². The van der Waals surface area contributed by atoms with E-state index in [2.05, 4.69) is 10.3 Å². The molecule has 0 saturated heterocycles. The van der Waals surface area contributed by atoms with E-state index in [-0.39, 0.29) is 5.69 Å². The summed E-state index contributed by atoms with van der Waals surface area (Å²) in [6, 6.07) is 6.62. The van der Waals surface area contributed by atoms with Crippen molar-refractivity contribution in [3.8, 4) is 11.5 Å². The number of hydrogen-bond donors (Lipinski definition) is 1. The fraction of sp³-hybridized carbons (Fsp3) is 0.267. The summed E-state index contributed by atoms with van der Waals surface area (Å²) in [6.07, 6.45) is 2.02. The molecule has 7 nitrogen and oxygen atoms in total. The fourth-order valence-corrected chi connectivity index (χ4v) is 2.47. The van der Waals surface area contributed by atoms with Crippen LogP contribution >= 0.6 is 11.6 Å². The Kier molecular flexibility index (Phi) is 4.47. The highest BCUT2D eigenvalue weighted by Gasteiger charge is 2.15. The van der Waals surface area contributed by atoms with Crippen LogP contribution in [0.2, 0.25) is 5.02 Å². The van der Waals surface area contributed by atoms with E-state index >= 15 is 0 Å². The Morgan fingerprint density at radius 3 is 2.87 bits per heavy atom.